The average molecular weight is 228 g/mol. The zero-order valence-electron chi connectivity index (χ0n) is 8.09. The second-order valence-corrected chi connectivity index (χ2v) is 5.00. The van der Waals surface area contributed by atoms with Crippen LogP contribution in [0.1, 0.15) is 12.8 Å². The fourth-order valence-electron chi connectivity index (χ4n) is 3.54. The smallest absolute Gasteiger partial charge is 0.364 e. The van der Waals surface area contributed by atoms with Gasteiger partial charge in [0.2, 0.25) is 0 Å². The van der Waals surface area contributed by atoms with Crippen molar-refractivity contribution in [3.63, 3.8) is 0 Å². The van der Waals surface area contributed by atoms with Crippen molar-refractivity contribution >= 4 is 23.9 Å². The van der Waals surface area contributed by atoms with E-state index in [2.05, 4.69) is 12.6 Å². The molecule has 3 aliphatic rings. The minimum absolute atomic E-state index is 0.0265. The van der Waals surface area contributed by atoms with Crippen LogP contribution >= 0.6 is 12.6 Å². The largest absolute Gasteiger partial charge is 0.465 e. The fourth-order valence-corrected chi connectivity index (χ4v) is 3.67. The molecule has 0 aromatic heterocycles. The molecule has 0 amide bonds. The summed E-state index contributed by atoms with van der Waals surface area (Å²) in [6.07, 6.45) is 1.75. The standard InChI is InChI=1S/C10H12O4S/c11-9-8-5-1-4(6(8)3-13-9)2-7(5)14-10(12)15/h4-8H,1-3H2,(H,12,15). The Labute approximate surface area is 92.7 Å². The van der Waals surface area contributed by atoms with Crippen molar-refractivity contribution < 1.29 is 19.1 Å². The first-order valence-corrected chi connectivity index (χ1v) is 5.67. The highest BCUT2D eigenvalue weighted by Crippen LogP contribution is 2.56. The number of rotatable bonds is 1. The lowest BCUT2D eigenvalue weighted by Crippen LogP contribution is -2.34. The van der Waals surface area contributed by atoms with Crippen LogP contribution in [0.25, 0.3) is 0 Å². The first-order chi connectivity index (χ1) is 7.16. The third kappa shape index (κ3) is 1.29. The highest BCUT2D eigenvalue weighted by Gasteiger charge is 2.60. The quantitative estimate of drug-likeness (QED) is 0.542. The normalized spacial score (nSPS) is 46.5. The number of thiol groups is 1. The topological polar surface area (TPSA) is 52.6 Å². The summed E-state index contributed by atoms with van der Waals surface area (Å²) >= 11 is 3.61. The van der Waals surface area contributed by atoms with Crippen molar-refractivity contribution in [2.24, 2.45) is 23.7 Å². The Morgan fingerprint density at radius 2 is 2.20 bits per heavy atom. The number of carbonyl (C=O) groups is 2. The van der Waals surface area contributed by atoms with Gasteiger partial charge in [-0.25, -0.2) is 4.79 Å². The van der Waals surface area contributed by atoms with Crippen LogP contribution in [0.15, 0.2) is 0 Å². The Morgan fingerprint density at radius 3 is 2.93 bits per heavy atom. The highest BCUT2D eigenvalue weighted by atomic mass is 32.1. The highest BCUT2D eigenvalue weighted by molar-refractivity contribution is 7.96. The van der Waals surface area contributed by atoms with E-state index in [4.69, 9.17) is 9.47 Å². The summed E-state index contributed by atoms with van der Waals surface area (Å²) in [5, 5.41) is -0.546. The van der Waals surface area contributed by atoms with E-state index >= 15 is 0 Å². The van der Waals surface area contributed by atoms with Crippen LogP contribution in [0.2, 0.25) is 0 Å². The molecule has 5 heteroatoms. The molecule has 2 saturated carbocycles. The molecule has 0 spiro atoms. The van der Waals surface area contributed by atoms with Gasteiger partial charge in [-0.3, -0.25) is 4.79 Å². The van der Waals surface area contributed by atoms with Gasteiger partial charge in [-0.2, -0.15) is 0 Å². The summed E-state index contributed by atoms with van der Waals surface area (Å²) in [4.78, 5) is 22.3. The first kappa shape index (κ1) is 9.51. The lowest BCUT2D eigenvalue weighted by molar-refractivity contribution is -0.143. The van der Waals surface area contributed by atoms with Crippen LogP contribution in [0, 0.1) is 23.7 Å². The van der Waals surface area contributed by atoms with Crippen molar-refractivity contribution in [1.82, 2.24) is 0 Å². The molecule has 5 unspecified atom stereocenters. The fraction of sp³-hybridized carbons (Fsp3) is 0.800. The van der Waals surface area contributed by atoms with Crippen LogP contribution < -0.4 is 0 Å². The van der Waals surface area contributed by atoms with Crippen LogP contribution in [0.3, 0.4) is 0 Å². The average Bonchev–Trinajstić information content (AvgIpc) is 2.77. The van der Waals surface area contributed by atoms with Crippen molar-refractivity contribution in [3.8, 4) is 0 Å². The van der Waals surface area contributed by atoms with Crippen LogP contribution in [0.4, 0.5) is 4.79 Å². The number of cyclic esters (lactones) is 1. The van der Waals surface area contributed by atoms with Gasteiger partial charge in [-0.15, -0.1) is 0 Å². The van der Waals surface area contributed by atoms with Gasteiger partial charge in [0.15, 0.2) is 0 Å². The van der Waals surface area contributed by atoms with Gasteiger partial charge in [-0.1, -0.05) is 12.6 Å². The molecule has 5 atom stereocenters. The van der Waals surface area contributed by atoms with Crippen molar-refractivity contribution in [1.29, 1.82) is 0 Å². The van der Waals surface area contributed by atoms with Gasteiger partial charge in [0.1, 0.15) is 6.10 Å². The molecule has 2 aliphatic carbocycles. The van der Waals surface area contributed by atoms with E-state index < -0.39 is 5.30 Å². The summed E-state index contributed by atoms with van der Waals surface area (Å²) in [6.45, 7) is 0.562. The molecular weight excluding hydrogens is 216 g/mol. The van der Waals surface area contributed by atoms with Gasteiger partial charge in [-0.05, 0) is 18.8 Å². The molecule has 0 aromatic carbocycles. The molecular formula is C10H12O4S. The molecule has 0 aromatic rings. The zero-order valence-corrected chi connectivity index (χ0v) is 8.98. The van der Waals surface area contributed by atoms with Crippen molar-refractivity contribution in [3.05, 3.63) is 0 Å². The Morgan fingerprint density at radius 1 is 1.40 bits per heavy atom. The summed E-state index contributed by atoms with van der Waals surface area (Å²) in [6, 6.07) is 0. The number of hydrogen-bond donors (Lipinski definition) is 1. The zero-order chi connectivity index (χ0) is 10.6. The second kappa shape index (κ2) is 3.14. The molecule has 3 fully saturated rings. The molecule has 15 heavy (non-hydrogen) atoms. The van der Waals surface area contributed by atoms with Gasteiger partial charge < -0.3 is 9.47 Å². The van der Waals surface area contributed by atoms with E-state index in [0.29, 0.717) is 18.4 Å². The number of fused-ring (bicyclic) bond motifs is 5. The van der Waals surface area contributed by atoms with Crippen molar-refractivity contribution in [2.45, 2.75) is 18.9 Å². The third-order valence-corrected chi connectivity index (χ3v) is 4.16. The predicted octanol–water partition coefficient (Wildman–Crippen LogP) is 1.25. The summed E-state index contributed by atoms with van der Waals surface area (Å²) < 4.78 is 10.2. The SMILES string of the molecule is O=C(S)OC1CC2CC1C1C(=O)OCC21. The number of esters is 1. The maximum Gasteiger partial charge on any atom is 0.364 e. The molecule has 1 aliphatic heterocycles. The van der Waals surface area contributed by atoms with E-state index in [9.17, 15) is 9.59 Å². The maximum absolute atomic E-state index is 11.5. The molecule has 0 radical (unpaired) electrons. The molecule has 3 rings (SSSR count). The van der Waals surface area contributed by atoms with Crippen molar-refractivity contribution in [2.75, 3.05) is 6.61 Å². The Hall–Kier alpha value is -0.710. The summed E-state index contributed by atoms with van der Waals surface area (Å²) in [5.41, 5.74) is 0. The van der Waals surface area contributed by atoms with Crippen LogP contribution in [0.5, 0.6) is 0 Å². The van der Waals surface area contributed by atoms with E-state index in [1.165, 1.54) is 0 Å². The number of carbonyl (C=O) groups excluding carboxylic acids is 2. The van der Waals surface area contributed by atoms with Gasteiger partial charge in [0.05, 0.1) is 12.5 Å². The molecule has 2 bridgehead atoms. The number of ether oxygens (including phenoxy) is 2. The van der Waals surface area contributed by atoms with Gasteiger partial charge >= 0.3 is 11.3 Å². The molecule has 4 nitrogen and oxygen atoms in total. The Kier molecular flexibility index (Phi) is 1.99. The minimum atomic E-state index is -0.546. The van der Waals surface area contributed by atoms with Gasteiger partial charge in [0, 0.05) is 11.8 Å². The molecule has 1 saturated heterocycles. The van der Waals surface area contributed by atoms with Crippen LogP contribution in [-0.4, -0.2) is 24.0 Å². The lowest BCUT2D eigenvalue weighted by Gasteiger charge is -2.27. The maximum atomic E-state index is 11.5. The Bertz CT molecular complexity index is 329. The van der Waals surface area contributed by atoms with Crippen LogP contribution in [-0.2, 0) is 14.3 Å². The molecule has 1 heterocycles. The van der Waals surface area contributed by atoms with E-state index in [1.54, 1.807) is 0 Å². The monoisotopic (exact) mass is 228 g/mol. The van der Waals surface area contributed by atoms with E-state index in [-0.39, 0.29) is 23.9 Å². The van der Waals surface area contributed by atoms with E-state index in [0.717, 1.165) is 12.8 Å². The predicted molar refractivity (Wildman–Crippen MR) is 53.4 cm³/mol. The molecule has 82 valence electrons. The first-order valence-electron chi connectivity index (χ1n) is 5.23. The molecule has 0 N–H and O–H groups in total. The Balaban J connectivity index is 1.79. The van der Waals surface area contributed by atoms with Gasteiger partial charge in [0.25, 0.3) is 0 Å². The summed E-state index contributed by atoms with van der Waals surface area (Å²) in [7, 11) is 0. The summed E-state index contributed by atoms with van der Waals surface area (Å²) in [5.74, 6) is 0.904. The lowest BCUT2D eigenvalue weighted by atomic mass is 9.80. The third-order valence-electron chi connectivity index (χ3n) is 4.06. The van der Waals surface area contributed by atoms with E-state index in [1.807, 2.05) is 0 Å². The minimum Gasteiger partial charge on any atom is -0.465 e. The number of hydrogen-bond acceptors (Lipinski definition) is 4. The second-order valence-electron chi connectivity index (χ2n) is 4.64.